The molecule has 162 valence electrons. The van der Waals surface area contributed by atoms with E-state index < -0.39 is 5.69 Å². The van der Waals surface area contributed by atoms with Crippen LogP contribution in [-0.4, -0.2) is 25.3 Å². The lowest BCUT2D eigenvalue weighted by atomic mass is 10.1. The third-order valence-electron chi connectivity index (χ3n) is 5.39. The Kier molecular flexibility index (Phi) is 5.71. The van der Waals surface area contributed by atoms with Crippen molar-refractivity contribution in [1.82, 2.24) is 19.4 Å². The first-order valence-corrected chi connectivity index (χ1v) is 11.7. The van der Waals surface area contributed by atoms with Gasteiger partial charge in [0, 0.05) is 16.5 Å². The Morgan fingerprint density at radius 2 is 1.84 bits per heavy atom. The second-order valence-corrected chi connectivity index (χ2v) is 9.11. The van der Waals surface area contributed by atoms with Crippen LogP contribution >= 0.6 is 23.4 Å². The summed E-state index contributed by atoms with van der Waals surface area (Å²) in [5.74, 6) is 0.396. The van der Waals surface area contributed by atoms with Crippen LogP contribution in [0.4, 0.5) is 5.69 Å². The van der Waals surface area contributed by atoms with E-state index in [2.05, 4.69) is 21.6 Å². The van der Waals surface area contributed by atoms with Crippen molar-refractivity contribution in [1.29, 1.82) is 0 Å². The number of fused-ring (bicyclic) bond motifs is 2. The van der Waals surface area contributed by atoms with Crippen LogP contribution in [0.15, 0.2) is 64.4 Å². The van der Waals surface area contributed by atoms with Crippen molar-refractivity contribution >= 4 is 40.6 Å². The van der Waals surface area contributed by atoms with Gasteiger partial charge in [0.2, 0.25) is 5.91 Å². The number of hydrogen-bond donors (Lipinski definition) is 1. The predicted molar refractivity (Wildman–Crippen MR) is 125 cm³/mol. The average Bonchev–Trinajstić information content (AvgIpc) is 3.37. The fraction of sp³-hybridized carbons (Fsp3) is 0.217. The molecule has 2 aromatic heterocycles. The van der Waals surface area contributed by atoms with E-state index in [0.29, 0.717) is 21.4 Å². The van der Waals surface area contributed by atoms with Gasteiger partial charge in [0.15, 0.2) is 5.65 Å². The molecule has 5 rings (SSSR count). The highest BCUT2D eigenvalue weighted by molar-refractivity contribution is 7.98. The molecule has 0 atom stereocenters. The van der Waals surface area contributed by atoms with Crippen molar-refractivity contribution in [3.8, 4) is 0 Å². The summed E-state index contributed by atoms with van der Waals surface area (Å²) in [5.41, 5.74) is 4.42. The van der Waals surface area contributed by atoms with Crippen LogP contribution in [0.5, 0.6) is 0 Å². The number of benzene rings is 2. The van der Waals surface area contributed by atoms with Gasteiger partial charge in [-0.1, -0.05) is 41.6 Å². The van der Waals surface area contributed by atoms with Gasteiger partial charge in [-0.2, -0.15) is 9.61 Å². The number of aryl methyl sites for hydroxylation is 2. The molecule has 4 aromatic rings. The van der Waals surface area contributed by atoms with Crippen LogP contribution in [0.1, 0.15) is 23.1 Å². The molecule has 2 heterocycles. The molecule has 2 aromatic carbocycles. The van der Waals surface area contributed by atoms with E-state index in [-0.39, 0.29) is 12.5 Å². The largest absolute Gasteiger partial charge is 0.367 e. The van der Waals surface area contributed by atoms with Crippen molar-refractivity contribution in [2.75, 3.05) is 5.32 Å². The molecule has 0 spiro atoms. The molecule has 0 saturated carbocycles. The van der Waals surface area contributed by atoms with Crippen LogP contribution < -0.4 is 11.0 Å². The van der Waals surface area contributed by atoms with E-state index in [1.165, 1.54) is 27.4 Å². The molecule has 0 fully saturated rings. The maximum atomic E-state index is 12.7. The number of anilines is 1. The van der Waals surface area contributed by atoms with Crippen LogP contribution in [0.25, 0.3) is 5.65 Å². The predicted octanol–water partition coefficient (Wildman–Crippen LogP) is 3.96. The number of thioether (sulfide) groups is 1. The fourth-order valence-corrected chi connectivity index (χ4v) is 4.73. The molecule has 1 amide bonds. The third kappa shape index (κ3) is 4.42. The summed E-state index contributed by atoms with van der Waals surface area (Å²) in [6.45, 7) is -0.174. The van der Waals surface area contributed by atoms with E-state index in [1.54, 1.807) is 6.07 Å². The molecule has 1 aliphatic rings. The molecule has 7 nitrogen and oxygen atoms in total. The van der Waals surface area contributed by atoms with E-state index in [9.17, 15) is 9.59 Å². The summed E-state index contributed by atoms with van der Waals surface area (Å²) in [5, 5.41) is 12.9. The van der Waals surface area contributed by atoms with Crippen LogP contribution in [0.3, 0.4) is 0 Å². The Balaban J connectivity index is 1.28. The molecule has 0 saturated heterocycles. The molecule has 0 radical (unpaired) electrons. The number of nitrogens with one attached hydrogen (secondary N) is 1. The minimum atomic E-state index is -0.446. The van der Waals surface area contributed by atoms with E-state index in [0.717, 1.165) is 35.2 Å². The monoisotopic (exact) mass is 465 g/mol. The maximum Gasteiger partial charge on any atom is 0.367 e. The standard InChI is InChI=1S/C23H20ClN5O2S/c24-18-7-4-15(5-8-18)14-32-22-11-10-20-26-28(23(31)29(20)27-22)13-21(30)25-19-9-6-16-2-1-3-17(16)12-19/h4-12H,1-3,13-14H2,(H,25,30). The number of halogens is 1. The quantitative estimate of drug-likeness (QED) is 0.436. The highest BCUT2D eigenvalue weighted by atomic mass is 35.5. The van der Waals surface area contributed by atoms with Crippen LogP contribution in [0, 0.1) is 0 Å². The van der Waals surface area contributed by atoms with Gasteiger partial charge in [-0.15, -0.1) is 5.10 Å². The summed E-state index contributed by atoms with van der Waals surface area (Å²) in [6, 6.07) is 17.1. The highest BCUT2D eigenvalue weighted by Gasteiger charge is 2.15. The second kappa shape index (κ2) is 8.80. The number of amides is 1. The topological polar surface area (TPSA) is 81.3 Å². The Labute approximate surface area is 193 Å². The molecule has 0 unspecified atom stereocenters. The van der Waals surface area contributed by atoms with Crippen LogP contribution in [0.2, 0.25) is 5.02 Å². The SMILES string of the molecule is O=C(Cn1nc2ccc(SCc3ccc(Cl)cc3)nn2c1=O)Nc1ccc2c(c1)CCC2. The Morgan fingerprint density at radius 3 is 2.69 bits per heavy atom. The lowest BCUT2D eigenvalue weighted by Gasteiger charge is -2.07. The lowest BCUT2D eigenvalue weighted by Crippen LogP contribution is -2.28. The van der Waals surface area contributed by atoms with Crippen molar-refractivity contribution < 1.29 is 4.79 Å². The molecule has 0 aliphatic heterocycles. The number of rotatable bonds is 6. The van der Waals surface area contributed by atoms with Crippen molar-refractivity contribution in [2.24, 2.45) is 0 Å². The zero-order valence-electron chi connectivity index (χ0n) is 17.1. The summed E-state index contributed by atoms with van der Waals surface area (Å²) < 4.78 is 2.37. The fourth-order valence-electron chi connectivity index (χ4n) is 3.80. The summed E-state index contributed by atoms with van der Waals surface area (Å²) in [4.78, 5) is 25.2. The smallest absolute Gasteiger partial charge is 0.324 e. The molecular weight excluding hydrogens is 446 g/mol. The zero-order chi connectivity index (χ0) is 22.1. The average molecular weight is 466 g/mol. The Morgan fingerprint density at radius 1 is 1.03 bits per heavy atom. The number of nitrogens with zero attached hydrogens (tertiary/aromatic N) is 4. The molecule has 1 aliphatic carbocycles. The van der Waals surface area contributed by atoms with E-state index in [4.69, 9.17) is 11.6 Å². The first-order valence-electron chi connectivity index (χ1n) is 10.3. The first-order chi connectivity index (χ1) is 15.5. The molecule has 0 bridgehead atoms. The number of hydrogen-bond acceptors (Lipinski definition) is 5. The van der Waals surface area contributed by atoms with Gasteiger partial charge in [-0.25, -0.2) is 9.48 Å². The maximum absolute atomic E-state index is 12.7. The Hall–Kier alpha value is -3.10. The van der Waals surface area contributed by atoms with Gasteiger partial charge in [-0.05, 0) is 72.4 Å². The normalized spacial score (nSPS) is 12.8. The van der Waals surface area contributed by atoms with Crippen molar-refractivity contribution in [2.45, 2.75) is 36.6 Å². The summed E-state index contributed by atoms with van der Waals surface area (Å²) in [7, 11) is 0. The first kappa shape index (κ1) is 20.8. The lowest BCUT2D eigenvalue weighted by molar-refractivity contribution is -0.117. The van der Waals surface area contributed by atoms with Crippen molar-refractivity contribution in [3.05, 3.63) is 86.8 Å². The minimum absolute atomic E-state index is 0.174. The van der Waals surface area contributed by atoms with E-state index >= 15 is 0 Å². The second-order valence-electron chi connectivity index (χ2n) is 7.68. The molecule has 32 heavy (non-hydrogen) atoms. The Bertz CT molecular complexity index is 1360. The zero-order valence-corrected chi connectivity index (χ0v) is 18.7. The number of carbonyl (C=O) groups excluding carboxylic acids is 1. The minimum Gasteiger partial charge on any atom is -0.324 e. The molecule has 1 N–H and O–H groups in total. The third-order valence-corrected chi connectivity index (χ3v) is 6.63. The molecular formula is C23H20ClN5O2S. The van der Waals surface area contributed by atoms with E-state index in [1.807, 2.05) is 42.5 Å². The van der Waals surface area contributed by atoms with Gasteiger partial charge in [0.1, 0.15) is 11.6 Å². The van der Waals surface area contributed by atoms with Crippen molar-refractivity contribution in [3.63, 3.8) is 0 Å². The molecule has 9 heteroatoms. The number of aromatic nitrogens is 4. The summed E-state index contributed by atoms with van der Waals surface area (Å²) >= 11 is 7.43. The summed E-state index contributed by atoms with van der Waals surface area (Å²) in [6.07, 6.45) is 3.28. The highest BCUT2D eigenvalue weighted by Crippen LogP contribution is 2.25. The van der Waals surface area contributed by atoms with Gasteiger partial charge >= 0.3 is 5.69 Å². The van der Waals surface area contributed by atoms with Crippen LogP contribution in [-0.2, 0) is 29.9 Å². The van der Waals surface area contributed by atoms with Gasteiger partial charge in [-0.3, -0.25) is 4.79 Å². The van der Waals surface area contributed by atoms with Gasteiger partial charge < -0.3 is 5.32 Å². The number of carbonyl (C=O) groups is 1. The van der Waals surface area contributed by atoms with Gasteiger partial charge in [0.25, 0.3) is 0 Å². The van der Waals surface area contributed by atoms with Gasteiger partial charge in [0.05, 0.1) is 0 Å².